The molecule has 0 bridgehead atoms. The fraction of sp³-hybridized carbons (Fsp3) is 0.0769. The van der Waals surface area contributed by atoms with Gasteiger partial charge in [-0.2, -0.15) is 0 Å². The Morgan fingerprint density at radius 2 is 0.905 bits per heavy atom. The third-order valence-electron chi connectivity index (χ3n) is 8.56. The van der Waals surface area contributed by atoms with Crippen molar-refractivity contribution in [3.05, 3.63) is 133 Å². The molecule has 0 N–H and O–H groups in total. The van der Waals surface area contributed by atoms with Crippen LogP contribution in [0.3, 0.4) is 0 Å². The van der Waals surface area contributed by atoms with Gasteiger partial charge >= 0.3 is 0 Å². The number of nitrogens with zero attached hydrogens (tertiary/aromatic N) is 1. The van der Waals surface area contributed by atoms with Gasteiger partial charge in [-0.1, -0.05) is 134 Å². The van der Waals surface area contributed by atoms with Gasteiger partial charge in [0.1, 0.15) is 0 Å². The van der Waals surface area contributed by atoms with Crippen molar-refractivity contribution in [2.45, 2.75) is 19.6 Å². The molecule has 8 rings (SSSR count). The van der Waals surface area contributed by atoms with Crippen molar-refractivity contribution in [2.24, 2.45) is 0 Å². The van der Waals surface area contributed by atoms with Crippen LogP contribution in [0, 0.1) is 0 Å². The number of fused-ring (bicyclic) bond motifs is 5. The predicted octanol–water partition coefficient (Wildman–Crippen LogP) is 10.9. The van der Waals surface area contributed by atoms with Gasteiger partial charge in [0.25, 0.3) is 0 Å². The number of hydrogen-bond donors (Lipinski definition) is 0. The van der Waals surface area contributed by atoms with Gasteiger partial charge in [-0.15, -0.1) is 0 Å². The lowest BCUT2D eigenvalue weighted by Crippen LogP contribution is -2.38. The standard InChI is InChI=1S/C39H31NOSi/c1-42(2,3)37-25-24-30(26-14-4-5-15-27(26)37)38-28-16-6-8-18-31(28)39(32-19-9-7-17-29(32)38)40-33-20-10-12-22-35(33)41-36-23-13-11-21-34(36)40/h4-25H,1-3H3. The van der Waals surface area contributed by atoms with Gasteiger partial charge in [0.15, 0.2) is 11.5 Å². The zero-order valence-corrected chi connectivity index (χ0v) is 25.1. The summed E-state index contributed by atoms with van der Waals surface area (Å²) in [5, 5.41) is 9.14. The van der Waals surface area contributed by atoms with Crippen molar-refractivity contribution in [3.63, 3.8) is 0 Å². The summed E-state index contributed by atoms with van der Waals surface area (Å²) >= 11 is 0. The molecule has 0 fully saturated rings. The second kappa shape index (κ2) is 9.33. The molecule has 0 atom stereocenters. The fourth-order valence-electron chi connectivity index (χ4n) is 6.75. The van der Waals surface area contributed by atoms with Crippen LogP contribution in [0.5, 0.6) is 11.5 Å². The highest BCUT2D eigenvalue weighted by Gasteiger charge is 2.29. The monoisotopic (exact) mass is 557 g/mol. The third-order valence-corrected chi connectivity index (χ3v) is 10.6. The SMILES string of the molecule is C[Si](C)(C)c1ccc(-c2c3ccccc3c(N3c4ccccc4Oc4ccccc43)c3ccccc23)c2ccccc12. The minimum atomic E-state index is -1.55. The highest BCUT2D eigenvalue weighted by atomic mass is 28.3. The molecule has 0 radical (unpaired) electrons. The molecule has 0 spiro atoms. The Balaban J connectivity index is 1.52. The number of para-hydroxylation sites is 4. The molecule has 2 nitrogen and oxygen atoms in total. The summed E-state index contributed by atoms with van der Waals surface area (Å²) in [6.45, 7) is 7.31. The van der Waals surface area contributed by atoms with Gasteiger partial charge in [0.2, 0.25) is 0 Å². The normalized spacial score (nSPS) is 12.8. The van der Waals surface area contributed by atoms with Crippen LogP contribution in [0.25, 0.3) is 43.4 Å². The predicted molar refractivity (Wildman–Crippen MR) is 182 cm³/mol. The molecule has 1 aliphatic heterocycles. The zero-order valence-electron chi connectivity index (χ0n) is 24.1. The first-order valence-corrected chi connectivity index (χ1v) is 18.1. The highest BCUT2D eigenvalue weighted by Crippen LogP contribution is 2.55. The van der Waals surface area contributed by atoms with Crippen LogP contribution in [0.2, 0.25) is 19.6 Å². The highest BCUT2D eigenvalue weighted by molar-refractivity contribution is 6.90. The van der Waals surface area contributed by atoms with E-state index in [1.165, 1.54) is 54.3 Å². The van der Waals surface area contributed by atoms with Gasteiger partial charge in [-0.3, -0.25) is 0 Å². The minimum Gasteiger partial charge on any atom is -0.453 e. The summed E-state index contributed by atoms with van der Waals surface area (Å²) in [6, 6.07) is 48.3. The maximum absolute atomic E-state index is 6.39. The van der Waals surface area contributed by atoms with E-state index in [4.69, 9.17) is 4.74 Å². The Bertz CT molecular complexity index is 2070. The van der Waals surface area contributed by atoms with Crippen molar-refractivity contribution in [3.8, 4) is 22.6 Å². The molecule has 3 heteroatoms. The first kappa shape index (κ1) is 24.9. The van der Waals surface area contributed by atoms with E-state index in [2.05, 4.69) is 146 Å². The molecule has 0 aromatic heterocycles. The summed E-state index contributed by atoms with van der Waals surface area (Å²) in [6.07, 6.45) is 0. The molecule has 1 heterocycles. The molecule has 0 aliphatic carbocycles. The van der Waals surface area contributed by atoms with Crippen LogP contribution in [0.1, 0.15) is 0 Å². The summed E-state index contributed by atoms with van der Waals surface area (Å²) in [5.41, 5.74) is 5.84. The van der Waals surface area contributed by atoms with E-state index >= 15 is 0 Å². The molecular formula is C39H31NOSi. The molecule has 1 aliphatic rings. The topological polar surface area (TPSA) is 12.5 Å². The quantitative estimate of drug-likeness (QED) is 0.158. The minimum absolute atomic E-state index is 0.862. The van der Waals surface area contributed by atoms with E-state index in [1.54, 1.807) is 0 Å². The summed E-state index contributed by atoms with van der Waals surface area (Å²) < 4.78 is 6.39. The maximum Gasteiger partial charge on any atom is 0.151 e. The lowest BCUT2D eigenvalue weighted by atomic mass is 9.87. The summed E-state index contributed by atoms with van der Waals surface area (Å²) in [4.78, 5) is 2.40. The number of rotatable bonds is 3. The Hall–Kier alpha value is -4.86. The third kappa shape index (κ3) is 3.70. The van der Waals surface area contributed by atoms with Crippen LogP contribution < -0.4 is 14.8 Å². The van der Waals surface area contributed by atoms with Crippen LogP contribution in [0.4, 0.5) is 17.1 Å². The van der Waals surface area contributed by atoms with Gasteiger partial charge in [0.05, 0.1) is 25.1 Å². The maximum atomic E-state index is 6.39. The second-order valence-electron chi connectivity index (χ2n) is 12.1. The second-order valence-corrected chi connectivity index (χ2v) is 17.2. The first-order valence-electron chi connectivity index (χ1n) is 14.6. The van der Waals surface area contributed by atoms with Crippen LogP contribution in [-0.2, 0) is 0 Å². The molecule has 42 heavy (non-hydrogen) atoms. The molecule has 7 aromatic rings. The van der Waals surface area contributed by atoms with Gasteiger partial charge in [-0.05, 0) is 56.9 Å². The van der Waals surface area contributed by atoms with E-state index in [0.29, 0.717) is 0 Å². The molecule has 0 amide bonds. The van der Waals surface area contributed by atoms with Crippen molar-refractivity contribution in [1.29, 1.82) is 0 Å². The molecule has 7 aromatic carbocycles. The number of benzene rings is 7. The Labute approximate surface area is 247 Å². The lowest BCUT2D eigenvalue weighted by Gasteiger charge is -2.34. The van der Waals surface area contributed by atoms with Gasteiger partial charge < -0.3 is 9.64 Å². The first-order chi connectivity index (χ1) is 20.5. The number of ether oxygens (including phenoxy) is 1. The van der Waals surface area contributed by atoms with E-state index < -0.39 is 8.07 Å². The van der Waals surface area contributed by atoms with E-state index in [9.17, 15) is 0 Å². The van der Waals surface area contributed by atoms with E-state index in [1.807, 2.05) is 12.1 Å². The molecule has 0 saturated heterocycles. The fourth-order valence-corrected chi connectivity index (χ4v) is 8.36. The van der Waals surface area contributed by atoms with E-state index in [0.717, 1.165) is 22.9 Å². The zero-order chi connectivity index (χ0) is 28.4. The molecular weight excluding hydrogens is 527 g/mol. The van der Waals surface area contributed by atoms with Crippen molar-refractivity contribution >= 4 is 62.6 Å². The van der Waals surface area contributed by atoms with E-state index in [-0.39, 0.29) is 0 Å². The smallest absolute Gasteiger partial charge is 0.151 e. The van der Waals surface area contributed by atoms with Crippen molar-refractivity contribution in [1.82, 2.24) is 0 Å². The Kier molecular flexibility index (Phi) is 5.53. The average Bonchev–Trinajstić information content (AvgIpc) is 3.02. The van der Waals surface area contributed by atoms with Crippen LogP contribution in [-0.4, -0.2) is 8.07 Å². The number of anilines is 3. The summed E-state index contributed by atoms with van der Waals surface area (Å²) in [5.74, 6) is 1.72. The molecule has 0 saturated carbocycles. The Morgan fingerprint density at radius 1 is 0.452 bits per heavy atom. The summed E-state index contributed by atoms with van der Waals surface area (Å²) in [7, 11) is -1.55. The molecule has 0 unspecified atom stereocenters. The lowest BCUT2D eigenvalue weighted by molar-refractivity contribution is 0.477. The van der Waals surface area contributed by atoms with Crippen LogP contribution in [0.15, 0.2) is 133 Å². The Morgan fingerprint density at radius 3 is 1.45 bits per heavy atom. The van der Waals surface area contributed by atoms with Crippen molar-refractivity contribution < 1.29 is 4.74 Å². The van der Waals surface area contributed by atoms with Gasteiger partial charge in [-0.25, -0.2) is 0 Å². The number of hydrogen-bond acceptors (Lipinski definition) is 2. The van der Waals surface area contributed by atoms with Gasteiger partial charge in [0, 0.05) is 10.8 Å². The van der Waals surface area contributed by atoms with Crippen LogP contribution >= 0.6 is 0 Å². The largest absolute Gasteiger partial charge is 0.453 e. The molecule has 202 valence electrons. The average molecular weight is 558 g/mol. The van der Waals surface area contributed by atoms with Crippen molar-refractivity contribution in [2.75, 3.05) is 4.90 Å².